The van der Waals surface area contributed by atoms with Crippen molar-refractivity contribution in [1.82, 2.24) is 30.2 Å². The molecule has 0 saturated carbocycles. The molecule has 37 heavy (non-hydrogen) atoms. The molecule has 1 fully saturated rings. The lowest BCUT2D eigenvalue weighted by Crippen LogP contribution is -2.46. The molecule has 188 valence electrons. The summed E-state index contributed by atoms with van der Waals surface area (Å²) in [5.74, 6) is -0.408. The number of piperidine rings is 1. The lowest BCUT2D eigenvalue weighted by molar-refractivity contribution is -0.117. The fraction of sp³-hybridized carbons (Fsp3) is 0.250. The monoisotopic (exact) mass is 495 g/mol. The third kappa shape index (κ3) is 5.73. The van der Waals surface area contributed by atoms with Gasteiger partial charge in [-0.05, 0) is 73.8 Å². The summed E-state index contributed by atoms with van der Waals surface area (Å²) in [5.41, 5.74) is 5.70. The van der Waals surface area contributed by atoms with E-state index in [1.165, 1.54) is 6.08 Å². The van der Waals surface area contributed by atoms with Crippen molar-refractivity contribution in [2.24, 2.45) is 0 Å². The Morgan fingerprint density at radius 3 is 2.78 bits per heavy atom. The van der Waals surface area contributed by atoms with Crippen molar-refractivity contribution in [2.45, 2.75) is 32.4 Å². The lowest BCUT2D eigenvalue weighted by Gasteiger charge is -2.33. The topological polar surface area (TPSA) is 116 Å². The molecule has 1 aliphatic heterocycles. The maximum absolute atomic E-state index is 12.9. The fourth-order valence-corrected chi connectivity index (χ4v) is 4.68. The van der Waals surface area contributed by atoms with Crippen molar-refractivity contribution in [3.8, 4) is 11.3 Å². The van der Waals surface area contributed by atoms with Crippen LogP contribution in [0.5, 0.6) is 0 Å². The third-order valence-electron chi connectivity index (χ3n) is 6.58. The zero-order valence-electron chi connectivity index (χ0n) is 20.7. The molecule has 5 rings (SSSR count). The fourth-order valence-electron chi connectivity index (χ4n) is 4.68. The Kier molecular flexibility index (Phi) is 7.04. The summed E-state index contributed by atoms with van der Waals surface area (Å²) >= 11 is 0. The van der Waals surface area contributed by atoms with Crippen LogP contribution in [0.2, 0.25) is 0 Å². The van der Waals surface area contributed by atoms with E-state index >= 15 is 0 Å². The molecule has 1 atom stereocenters. The van der Waals surface area contributed by atoms with Crippen LogP contribution in [0.25, 0.3) is 22.3 Å². The first-order valence-corrected chi connectivity index (χ1v) is 12.3. The Hall–Kier alpha value is -4.37. The largest absolute Gasteiger partial charge is 0.349 e. The van der Waals surface area contributed by atoms with Crippen LogP contribution in [0.3, 0.4) is 0 Å². The smallest absolute Gasteiger partial charge is 0.274 e. The van der Waals surface area contributed by atoms with Gasteiger partial charge in [-0.15, -0.1) is 0 Å². The van der Waals surface area contributed by atoms with Gasteiger partial charge in [0.25, 0.3) is 5.91 Å². The number of pyridine rings is 1. The maximum atomic E-state index is 12.9. The highest BCUT2D eigenvalue weighted by Gasteiger charge is 2.21. The Labute approximate surface area is 215 Å². The van der Waals surface area contributed by atoms with Crippen LogP contribution >= 0.6 is 0 Å². The number of hydrogen-bond donors (Lipinski definition) is 3. The summed E-state index contributed by atoms with van der Waals surface area (Å²) in [7, 11) is 0. The standard InChI is InChI=1S/C28H29N7O2/c1-3-26(36)32-22-5-4-12-35(16-22)15-19-10-11-29-25(13-19)28(37)33-21-8-6-20(7-9-21)24-14-23-18(2)30-17-31-27(23)34-24/h3,6-11,13-14,17,22H,1,4-5,12,15-16H2,2H3,(H,32,36)(H,33,37)(H,30,31,34). The van der Waals surface area contributed by atoms with Gasteiger partial charge in [-0.3, -0.25) is 19.5 Å². The first kappa shape index (κ1) is 24.3. The average molecular weight is 496 g/mol. The number of carbonyl (C=O) groups is 2. The Balaban J connectivity index is 1.22. The van der Waals surface area contributed by atoms with Crippen molar-refractivity contribution in [1.29, 1.82) is 0 Å². The minimum Gasteiger partial charge on any atom is -0.349 e. The number of benzene rings is 1. The minimum atomic E-state index is -0.263. The Bertz CT molecular complexity index is 1440. The highest BCUT2D eigenvalue weighted by Crippen LogP contribution is 2.25. The molecule has 0 spiro atoms. The number of amides is 2. The summed E-state index contributed by atoms with van der Waals surface area (Å²) in [5, 5.41) is 6.90. The molecule has 1 aliphatic rings. The Morgan fingerprint density at radius 1 is 1.16 bits per heavy atom. The minimum absolute atomic E-state index is 0.105. The van der Waals surface area contributed by atoms with E-state index in [-0.39, 0.29) is 17.9 Å². The van der Waals surface area contributed by atoms with E-state index in [4.69, 9.17) is 0 Å². The predicted molar refractivity (Wildman–Crippen MR) is 143 cm³/mol. The van der Waals surface area contributed by atoms with Crippen molar-refractivity contribution in [3.05, 3.63) is 84.6 Å². The normalized spacial score (nSPS) is 15.9. The number of carbonyl (C=O) groups excluding carboxylic acids is 2. The molecule has 0 radical (unpaired) electrons. The van der Waals surface area contributed by atoms with E-state index in [1.54, 1.807) is 12.5 Å². The second kappa shape index (κ2) is 10.7. The number of nitrogens with one attached hydrogen (secondary N) is 3. The van der Waals surface area contributed by atoms with Crippen LogP contribution in [0, 0.1) is 6.92 Å². The predicted octanol–water partition coefficient (Wildman–Crippen LogP) is 3.85. The number of H-pyrrole nitrogens is 1. The molecule has 9 nitrogen and oxygen atoms in total. The van der Waals surface area contributed by atoms with Crippen LogP contribution in [-0.2, 0) is 11.3 Å². The van der Waals surface area contributed by atoms with Gasteiger partial charge in [0.1, 0.15) is 17.7 Å². The molecule has 9 heteroatoms. The van der Waals surface area contributed by atoms with Gasteiger partial charge in [0, 0.05) is 42.1 Å². The third-order valence-corrected chi connectivity index (χ3v) is 6.58. The summed E-state index contributed by atoms with van der Waals surface area (Å²) in [6.45, 7) is 7.87. The summed E-state index contributed by atoms with van der Waals surface area (Å²) in [6, 6.07) is 13.5. The zero-order valence-corrected chi connectivity index (χ0v) is 20.7. The molecule has 4 aromatic rings. The van der Waals surface area contributed by atoms with Gasteiger partial charge in [0.2, 0.25) is 5.91 Å². The number of aromatic amines is 1. The number of anilines is 1. The van der Waals surface area contributed by atoms with E-state index in [0.29, 0.717) is 17.9 Å². The molecule has 2 amide bonds. The van der Waals surface area contributed by atoms with Gasteiger partial charge in [-0.1, -0.05) is 18.7 Å². The van der Waals surface area contributed by atoms with E-state index < -0.39 is 0 Å². The van der Waals surface area contributed by atoms with Gasteiger partial charge >= 0.3 is 0 Å². The van der Waals surface area contributed by atoms with Crippen LogP contribution in [0.1, 0.15) is 34.6 Å². The summed E-state index contributed by atoms with van der Waals surface area (Å²) in [4.78, 5) is 43.0. The number of nitrogens with zero attached hydrogens (tertiary/aromatic N) is 4. The van der Waals surface area contributed by atoms with E-state index in [9.17, 15) is 9.59 Å². The number of likely N-dealkylation sites (tertiary alicyclic amines) is 1. The number of aryl methyl sites for hydroxylation is 1. The average Bonchev–Trinajstić information content (AvgIpc) is 3.35. The van der Waals surface area contributed by atoms with Gasteiger partial charge in [0.05, 0.1) is 5.69 Å². The van der Waals surface area contributed by atoms with Gasteiger partial charge in [-0.25, -0.2) is 9.97 Å². The molecule has 0 bridgehead atoms. The van der Waals surface area contributed by atoms with Crippen molar-refractivity contribution >= 4 is 28.5 Å². The highest BCUT2D eigenvalue weighted by molar-refractivity contribution is 6.03. The first-order chi connectivity index (χ1) is 18.0. The van der Waals surface area contributed by atoms with Crippen LogP contribution in [0.4, 0.5) is 5.69 Å². The molecule has 3 N–H and O–H groups in total. The quantitative estimate of drug-likeness (QED) is 0.336. The molecular weight excluding hydrogens is 466 g/mol. The number of fused-ring (bicyclic) bond motifs is 1. The molecule has 0 aliphatic carbocycles. The van der Waals surface area contributed by atoms with E-state index in [0.717, 1.165) is 59.5 Å². The number of rotatable bonds is 7. The van der Waals surface area contributed by atoms with Gasteiger partial charge < -0.3 is 15.6 Å². The van der Waals surface area contributed by atoms with Gasteiger partial charge in [-0.2, -0.15) is 0 Å². The van der Waals surface area contributed by atoms with Crippen molar-refractivity contribution in [3.63, 3.8) is 0 Å². The number of hydrogen-bond acceptors (Lipinski definition) is 6. The second-order valence-corrected chi connectivity index (χ2v) is 9.27. The van der Waals surface area contributed by atoms with Crippen LogP contribution in [0.15, 0.2) is 67.6 Å². The SMILES string of the molecule is C=CC(=O)NC1CCCN(Cc2ccnc(C(=O)Nc3ccc(-c4cc5c(C)ncnc5[nH]4)cc3)c2)C1. The maximum Gasteiger partial charge on any atom is 0.274 e. The van der Waals surface area contributed by atoms with E-state index in [1.807, 2.05) is 49.4 Å². The lowest BCUT2D eigenvalue weighted by atomic mass is 10.0. The van der Waals surface area contributed by atoms with Gasteiger partial charge in [0.15, 0.2) is 0 Å². The molecule has 4 heterocycles. The zero-order chi connectivity index (χ0) is 25.8. The highest BCUT2D eigenvalue weighted by atomic mass is 16.2. The molecule has 1 saturated heterocycles. The Morgan fingerprint density at radius 2 is 2.00 bits per heavy atom. The van der Waals surface area contributed by atoms with E-state index in [2.05, 4.69) is 42.0 Å². The molecular formula is C28H29N7O2. The first-order valence-electron chi connectivity index (χ1n) is 12.3. The summed E-state index contributed by atoms with van der Waals surface area (Å²) in [6.07, 6.45) is 6.47. The second-order valence-electron chi connectivity index (χ2n) is 9.27. The summed E-state index contributed by atoms with van der Waals surface area (Å²) < 4.78 is 0. The molecule has 3 aromatic heterocycles. The molecule has 1 aromatic carbocycles. The van der Waals surface area contributed by atoms with Crippen molar-refractivity contribution in [2.75, 3.05) is 18.4 Å². The van der Waals surface area contributed by atoms with Crippen LogP contribution < -0.4 is 10.6 Å². The van der Waals surface area contributed by atoms with Crippen molar-refractivity contribution < 1.29 is 9.59 Å². The number of aromatic nitrogens is 4. The van der Waals surface area contributed by atoms with Crippen LogP contribution in [-0.4, -0.2) is 55.8 Å². The molecule has 1 unspecified atom stereocenters.